The molecule has 0 spiro atoms. The smallest absolute Gasteiger partial charge is 0.259 e. The maximum Gasteiger partial charge on any atom is 0.259 e. The number of amides is 1. The molecular formula is C21H30N6O2S. The Morgan fingerprint density at radius 1 is 1.27 bits per heavy atom. The first-order valence-corrected chi connectivity index (χ1v) is 11.6. The van der Waals surface area contributed by atoms with E-state index in [0.29, 0.717) is 34.8 Å². The third kappa shape index (κ3) is 4.83. The van der Waals surface area contributed by atoms with Gasteiger partial charge in [-0.2, -0.15) is 0 Å². The molecule has 8 nitrogen and oxygen atoms in total. The molecule has 0 saturated heterocycles. The molecule has 3 aromatic heterocycles. The molecule has 0 aliphatic carbocycles. The first-order valence-electron chi connectivity index (χ1n) is 10.3. The van der Waals surface area contributed by atoms with Crippen LogP contribution >= 0.6 is 11.8 Å². The van der Waals surface area contributed by atoms with E-state index >= 15 is 0 Å². The summed E-state index contributed by atoms with van der Waals surface area (Å²) in [7, 11) is 0. The van der Waals surface area contributed by atoms with Crippen LogP contribution in [-0.4, -0.2) is 43.6 Å². The first-order chi connectivity index (χ1) is 14.3. The molecule has 30 heavy (non-hydrogen) atoms. The van der Waals surface area contributed by atoms with E-state index in [9.17, 15) is 4.79 Å². The maximum absolute atomic E-state index is 12.9. The number of thioether (sulfide) groups is 1. The van der Waals surface area contributed by atoms with Gasteiger partial charge >= 0.3 is 0 Å². The van der Waals surface area contributed by atoms with Gasteiger partial charge in [-0.3, -0.25) is 4.79 Å². The number of carbonyl (C=O) groups is 1. The van der Waals surface area contributed by atoms with E-state index < -0.39 is 0 Å². The summed E-state index contributed by atoms with van der Waals surface area (Å²) in [6.45, 7) is 11.7. The Morgan fingerprint density at radius 2 is 2.03 bits per heavy atom. The van der Waals surface area contributed by atoms with E-state index in [0.717, 1.165) is 36.1 Å². The number of hydrogen-bond donors (Lipinski definition) is 1. The number of pyridine rings is 1. The largest absolute Gasteiger partial charge is 0.352 e. The Morgan fingerprint density at radius 3 is 2.70 bits per heavy atom. The molecule has 0 aliphatic heterocycles. The third-order valence-electron chi connectivity index (χ3n) is 4.86. The zero-order valence-electron chi connectivity index (χ0n) is 18.5. The monoisotopic (exact) mass is 430 g/mol. The molecule has 3 rings (SSSR count). The lowest BCUT2D eigenvalue weighted by atomic mass is 10.0. The van der Waals surface area contributed by atoms with Gasteiger partial charge in [0.15, 0.2) is 5.16 Å². The van der Waals surface area contributed by atoms with Gasteiger partial charge in [-0.15, -0.1) is 10.2 Å². The summed E-state index contributed by atoms with van der Waals surface area (Å²) in [6.07, 6.45) is 3.55. The molecule has 0 saturated carbocycles. The molecular weight excluding hydrogens is 400 g/mol. The summed E-state index contributed by atoms with van der Waals surface area (Å²) in [5, 5.41) is 17.2. The van der Waals surface area contributed by atoms with Crippen LogP contribution in [0.5, 0.6) is 0 Å². The highest BCUT2D eigenvalue weighted by Gasteiger charge is 2.19. The Hall–Kier alpha value is -2.42. The molecule has 0 bridgehead atoms. The molecule has 162 valence electrons. The predicted molar refractivity (Wildman–Crippen MR) is 118 cm³/mol. The van der Waals surface area contributed by atoms with Crippen LogP contribution in [-0.2, 0) is 13.0 Å². The highest BCUT2D eigenvalue weighted by atomic mass is 32.2. The summed E-state index contributed by atoms with van der Waals surface area (Å²) in [5.74, 6) is 1.53. The van der Waals surface area contributed by atoms with Crippen molar-refractivity contribution < 1.29 is 9.32 Å². The number of hydrogen-bond acceptors (Lipinski definition) is 7. The molecule has 0 radical (unpaired) electrons. The summed E-state index contributed by atoms with van der Waals surface area (Å²) in [5.41, 5.74) is 2.46. The van der Waals surface area contributed by atoms with Gasteiger partial charge in [0.25, 0.3) is 11.6 Å². The number of nitrogens with zero attached hydrogens (tertiary/aromatic N) is 5. The number of aromatic nitrogens is 5. The zero-order valence-corrected chi connectivity index (χ0v) is 19.3. The van der Waals surface area contributed by atoms with Crippen molar-refractivity contribution in [3.8, 4) is 0 Å². The number of aryl methyl sites for hydroxylation is 2. The fourth-order valence-electron chi connectivity index (χ4n) is 3.34. The van der Waals surface area contributed by atoms with Gasteiger partial charge in [-0.25, -0.2) is 4.98 Å². The second-order valence-electron chi connectivity index (χ2n) is 8.16. The van der Waals surface area contributed by atoms with Crippen LogP contribution in [0.1, 0.15) is 67.6 Å². The minimum Gasteiger partial charge on any atom is -0.352 e. The van der Waals surface area contributed by atoms with Gasteiger partial charge in [0, 0.05) is 25.2 Å². The van der Waals surface area contributed by atoms with Crippen molar-refractivity contribution in [1.82, 2.24) is 30.2 Å². The van der Waals surface area contributed by atoms with Crippen molar-refractivity contribution in [2.45, 2.75) is 65.1 Å². The molecule has 0 atom stereocenters. The van der Waals surface area contributed by atoms with Crippen LogP contribution in [0.4, 0.5) is 0 Å². The lowest BCUT2D eigenvalue weighted by Gasteiger charge is -2.12. The standard InChI is InChI=1S/C21H30N6O2S/c1-12(2)11-27-17(24-25-21(27)30-6)8-7-9-22-19(28)15-10-16(13(3)4)23-20-18(15)14(5)26-29-20/h10,12-13H,7-9,11H2,1-6H3,(H,22,28). The lowest BCUT2D eigenvalue weighted by Crippen LogP contribution is -2.25. The second kappa shape index (κ2) is 9.59. The molecule has 1 N–H and O–H groups in total. The molecule has 0 aromatic carbocycles. The molecule has 0 unspecified atom stereocenters. The SMILES string of the molecule is CSc1nnc(CCCNC(=O)c2cc(C(C)C)nc3onc(C)c23)n1CC(C)C. The number of carbonyl (C=O) groups excluding carboxylic acids is 1. The normalized spacial score (nSPS) is 11.7. The van der Waals surface area contributed by atoms with Gasteiger partial charge in [0.05, 0.1) is 16.6 Å². The average molecular weight is 431 g/mol. The first kappa shape index (κ1) is 22.3. The zero-order chi connectivity index (χ0) is 21.8. The van der Waals surface area contributed by atoms with Crippen LogP contribution in [0.15, 0.2) is 15.7 Å². The highest BCUT2D eigenvalue weighted by molar-refractivity contribution is 7.98. The van der Waals surface area contributed by atoms with Crippen LogP contribution in [0.25, 0.3) is 11.1 Å². The summed E-state index contributed by atoms with van der Waals surface area (Å²) < 4.78 is 7.49. The Kier molecular flexibility index (Phi) is 7.12. The van der Waals surface area contributed by atoms with E-state index in [1.807, 2.05) is 33.1 Å². The predicted octanol–water partition coefficient (Wildman–Crippen LogP) is 3.99. The van der Waals surface area contributed by atoms with Gasteiger partial charge < -0.3 is 14.4 Å². The highest BCUT2D eigenvalue weighted by Crippen LogP contribution is 2.25. The van der Waals surface area contributed by atoms with Gasteiger partial charge in [-0.1, -0.05) is 44.6 Å². The fraction of sp³-hybridized carbons (Fsp3) is 0.571. The quantitative estimate of drug-likeness (QED) is 0.405. The van der Waals surface area contributed by atoms with Crippen molar-refractivity contribution in [3.05, 3.63) is 28.8 Å². The van der Waals surface area contributed by atoms with E-state index in [2.05, 4.69) is 44.1 Å². The molecule has 3 heterocycles. The number of fused-ring (bicyclic) bond motifs is 1. The molecule has 0 aliphatic rings. The van der Waals surface area contributed by atoms with Crippen molar-refractivity contribution in [1.29, 1.82) is 0 Å². The van der Waals surface area contributed by atoms with Crippen molar-refractivity contribution in [2.75, 3.05) is 12.8 Å². The third-order valence-corrected chi connectivity index (χ3v) is 5.53. The number of nitrogens with one attached hydrogen (secondary N) is 1. The van der Waals surface area contributed by atoms with Gasteiger partial charge in [-0.05, 0) is 37.5 Å². The van der Waals surface area contributed by atoms with E-state index in [1.165, 1.54) is 0 Å². The Bertz CT molecular complexity index is 1020. The van der Waals surface area contributed by atoms with Gasteiger partial charge in [0.1, 0.15) is 5.82 Å². The van der Waals surface area contributed by atoms with Crippen LogP contribution in [0.3, 0.4) is 0 Å². The minimum absolute atomic E-state index is 0.135. The summed E-state index contributed by atoms with van der Waals surface area (Å²) >= 11 is 1.61. The Labute approximate surface area is 181 Å². The van der Waals surface area contributed by atoms with Crippen molar-refractivity contribution in [3.63, 3.8) is 0 Å². The maximum atomic E-state index is 12.9. The molecule has 1 amide bonds. The second-order valence-corrected chi connectivity index (χ2v) is 8.94. The van der Waals surface area contributed by atoms with Crippen molar-refractivity contribution >= 4 is 28.8 Å². The van der Waals surface area contributed by atoms with Crippen LogP contribution in [0, 0.1) is 12.8 Å². The lowest BCUT2D eigenvalue weighted by molar-refractivity contribution is 0.0954. The molecule has 0 fully saturated rings. The van der Waals surface area contributed by atoms with E-state index in [1.54, 1.807) is 11.8 Å². The summed E-state index contributed by atoms with van der Waals surface area (Å²) in [4.78, 5) is 17.4. The molecule has 3 aromatic rings. The van der Waals surface area contributed by atoms with Crippen LogP contribution < -0.4 is 5.32 Å². The minimum atomic E-state index is -0.135. The summed E-state index contributed by atoms with van der Waals surface area (Å²) in [6, 6.07) is 1.84. The Balaban J connectivity index is 1.67. The average Bonchev–Trinajstić information content (AvgIpc) is 3.27. The van der Waals surface area contributed by atoms with Crippen LogP contribution in [0.2, 0.25) is 0 Å². The van der Waals surface area contributed by atoms with E-state index in [4.69, 9.17) is 4.52 Å². The number of rotatable bonds is 9. The van der Waals surface area contributed by atoms with E-state index in [-0.39, 0.29) is 11.8 Å². The van der Waals surface area contributed by atoms with Gasteiger partial charge in [0.2, 0.25) is 0 Å². The van der Waals surface area contributed by atoms with Crippen molar-refractivity contribution in [2.24, 2.45) is 5.92 Å². The topological polar surface area (TPSA) is 98.7 Å². The fourth-order valence-corrected chi connectivity index (χ4v) is 3.86. The molecule has 9 heteroatoms.